The summed E-state index contributed by atoms with van der Waals surface area (Å²) in [6.07, 6.45) is -0.254. The molecule has 5 heteroatoms. The molecule has 5 nitrogen and oxygen atoms in total. The van der Waals surface area contributed by atoms with E-state index in [1.807, 2.05) is 72.8 Å². The molecule has 1 unspecified atom stereocenters. The van der Waals surface area contributed by atoms with Crippen LogP contribution in [0.1, 0.15) is 22.9 Å². The van der Waals surface area contributed by atoms with Crippen LogP contribution in [0.4, 0.5) is 0 Å². The molecule has 1 aliphatic rings. The Morgan fingerprint density at radius 2 is 1.23 bits per heavy atom. The van der Waals surface area contributed by atoms with Gasteiger partial charge in [-0.25, -0.2) is 9.98 Å². The van der Waals surface area contributed by atoms with E-state index in [1.165, 1.54) is 0 Å². The lowest BCUT2D eigenvalue weighted by Gasteiger charge is -2.23. The van der Waals surface area contributed by atoms with Crippen molar-refractivity contribution in [2.24, 2.45) is 9.98 Å². The SMILES string of the molecule is c1ccc(C2=NC(c3ccccc3)NC(c3ccc4oc5c(-c6ccc7c(c6)oc6ccccc67)cccc5c4c3)=N2)cc1. The predicted octanol–water partition coefficient (Wildman–Crippen LogP) is 9.65. The van der Waals surface area contributed by atoms with E-state index in [1.54, 1.807) is 0 Å². The average molecular weight is 568 g/mol. The molecule has 2 aromatic heterocycles. The van der Waals surface area contributed by atoms with Crippen molar-refractivity contribution in [3.05, 3.63) is 156 Å². The second-order valence-corrected chi connectivity index (χ2v) is 11.0. The number of nitrogens with one attached hydrogen (secondary N) is 1. The largest absolute Gasteiger partial charge is 0.456 e. The normalized spacial score (nSPS) is 15.0. The summed E-state index contributed by atoms with van der Waals surface area (Å²) in [5.74, 6) is 1.48. The van der Waals surface area contributed by atoms with Crippen molar-refractivity contribution in [2.45, 2.75) is 6.17 Å². The predicted molar refractivity (Wildman–Crippen MR) is 178 cm³/mol. The lowest BCUT2D eigenvalue weighted by atomic mass is 10.0. The van der Waals surface area contributed by atoms with Crippen LogP contribution < -0.4 is 5.32 Å². The van der Waals surface area contributed by atoms with Gasteiger partial charge in [0.25, 0.3) is 0 Å². The Bertz CT molecular complexity index is 2420. The summed E-state index contributed by atoms with van der Waals surface area (Å²) in [6, 6.07) is 47.5. The van der Waals surface area contributed by atoms with Crippen LogP contribution in [0.25, 0.3) is 55.0 Å². The van der Waals surface area contributed by atoms with Gasteiger partial charge in [0, 0.05) is 38.2 Å². The molecule has 8 aromatic rings. The summed E-state index contributed by atoms with van der Waals surface area (Å²) in [5, 5.41) is 7.90. The summed E-state index contributed by atoms with van der Waals surface area (Å²) in [4.78, 5) is 9.97. The second-order valence-electron chi connectivity index (χ2n) is 11.0. The number of nitrogens with zero attached hydrogens (tertiary/aromatic N) is 2. The van der Waals surface area contributed by atoms with Gasteiger partial charge in [-0.15, -0.1) is 0 Å². The van der Waals surface area contributed by atoms with Gasteiger partial charge in [0.2, 0.25) is 0 Å². The zero-order valence-corrected chi connectivity index (χ0v) is 23.6. The number of hydrogen-bond donors (Lipinski definition) is 1. The number of aliphatic imine (C=N–C) groups is 2. The highest BCUT2D eigenvalue weighted by Crippen LogP contribution is 2.38. The van der Waals surface area contributed by atoms with E-state index >= 15 is 0 Å². The summed E-state index contributed by atoms with van der Waals surface area (Å²) in [7, 11) is 0. The van der Waals surface area contributed by atoms with E-state index in [-0.39, 0.29) is 6.17 Å². The van der Waals surface area contributed by atoms with Crippen molar-refractivity contribution in [1.82, 2.24) is 5.32 Å². The molecule has 208 valence electrons. The fraction of sp³-hybridized carbons (Fsp3) is 0.0256. The number of fused-ring (bicyclic) bond motifs is 6. The lowest BCUT2D eigenvalue weighted by molar-refractivity contribution is 0.668. The van der Waals surface area contributed by atoms with Crippen molar-refractivity contribution in [3.8, 4) is 11.1 Å². The molecular formula is C39H25N3O2. The molecule has 0 saturated carbocycles. The van der Waals surface area contributed by atoms with Gasteiger partial charge in [-0.2, -0.15) is 0 Å². The zero-order valence-electron chi connectivity index (χ0n) is 23.6. The molecule has 0 amide bonds. The Kier molecular flexibility index (Phi) is 5.50. The maximum absolute atomic E-state index is 6.52. The quantitative estimate of drug-likeness (QED) is 0.230. The molecule has 1 atom stereocenters. The minimum atomic E-state index is -0.254. The molecule has 6 aromatic carbocycles. The zero-order chi connectivity index (χ0) is 29.0. The van der Waals surface area contributed by atoms with Crippen molar-refractivity contribution in [3.63, 3.8) is 0 Å². The van der Waals surface area contributed by atoms with Gasteiger partial charge in [0.05, 0.1) is 0 Å². The van der Waals surface area contributed by atoms with Gasteiger partial charge in [-0.05, 0) is 47.5 Å². The number of para-hydroxylation sites is 2. The Labute approximate surface area is 252 Å². The Morgan fingerprint density at radius 1 is 0.500 bits per heavy atom. The highest BCUT2D eigenvalue weighted by molar-refractivity contribution is 6.16. The third-order valence-electron chi connectivity index (χ3n) is 8.35. The maximum Gasteiger partial charge on any atom is 0.159 e. The summed E-state index contributed by atoms with van der Waals surface area (Å²) in [5.41, 5.74) is 8.54. The molecule has 44 heavy (non-hydrogen) atoms. The van der Waals surface area contributed by atoms with E-state index in [2.05, 4.69) is 72.0 Å². The fourth-order valence-corrected chi connectivity index (χ4v) is 6.19. The highest BCUT2D eigenvalue weighted by Gasteiger charge is 2.22. The summed E-state index contributed by atoms with van der Waals surface area (Å²) < 4.78 is 12.7. The van der Waals surface area contributed by atoms with E-state index in [4.69, 9.17) is 18.8 Å². The third kappa shape index (κ3) is 4.02. The van der Waals surface area contributed by atoms with Gasteiger partial charge in [0.15, 0.2) is 5.84 Å². The van der Waals surface area contributed by atoms with Crippen LogP contribution in [0, 0.1) is 0 Å². The summed E-state index contributed by atoms with van der Waals surface area (Å²) >= 11 is 0. The van der Waals surface area contributed by atoms with Gasteiger partial charge in [-0.3, -0.25) is 0 Å². The van der Waals surface area contributed by atoms with Crippen LogP contribution in [0.5, 0.6) is 0 Å². The lowest BCUT2D eigenvalue weighted by Crippen LogP contribution is -2.33. The molecule has 9 rings (SSSR count). The molecule has 0 fully saturated rings. The average Bonchev–Trinajstić information content (AvgIpc) is 3.66. The van der Waals surface area contributed by atoms with Crippen LogP contribution in [-0.4, -0.2) is 11.7 Å². The minimum absolute atomic E-state index is 0.254. The van der Waals surface area contributed by atoms with Crippen molar-refractivity contribution < 1.29 is 8.83 Å². The molecule has 3 heterocycles. The number of benzene rings is 6. The number of furan rings is 2. The Balaban J connectivity index is 1.16. The first-order valence-electron chi connectivity index (χ1n) is 14.7. The Hall–Kier alpha value is -5.94. The van der Waals surface area contributed by atoms with Crippen LogP contribution >= 0.6 is 0 Å². The second kappa shape index (κ2) is 9.82. The highest BCUT2D eigenvalue weighted by atomic mass is 16.3. The standard InChI is InChI=1S/C39H25N3O2/c1-3-10-24(11-4-1)37-40-38(25-12-5-2-6-13-25)42-39(41-37)27-19-21-34-32(22-27)31-16-9-15-28(36(31)44-34)26-18-20-30-29-14-7-8-17-33(29)43-35(30)23-26/h1-23,37H,(H,40,41,42). The number of rotatable bonds is 4. The van der Waals surface area contributed by atoms with E-state index in [9.17, 15) is 0 Å². The van der Waals surface area contributed by atoms with E-state index in [0.29, 0.717) is 5.84 Å². The van der Waals surface area contributed by atoms with Gasteiger partial charge in [0.1, 0.15) is 34.3 Å². The van der Waals surface area contributed by atoms with Crippen LogP contribution in [-0.2, 0) is 0 Å². The van der Waals surface area contributed by atoms with Gasteiger partial charge < -0.3 is 14.2 Å². The molecule has 1 N–H and O–H groups in total. The number of hydrogen-bond acceptors (Lipinski definition) is 5. The van der Waals surface area contributed by atoms with E-state index < -0.39 is 0 Å². The molecule has 1 aliphatic heterocycles. The van der Waals surface area contributed by atoms with Crippen molar-refractivity contribution in [2.75, 3.05) is 0 Å². The molecule has 0 radical (unpaired) electrons. The van der Waals surface area contributed by atoms with Crippen molar-refractivity contribution in [1.29, 1.82) is 0 Å². The molecular weight excluding hydrogens is 542 g/mol. The minimum Gasteiger partial charge on any atom is -0.456 e. The van der Waals surface area contributed by atoms with Crippen LogP contribution in [0.15, 0.2) is 158 Å². The molecule has 0 saturated heterocycles. The van der Waals surface area contributed by atoms with Crippen LogP contribution in [0.2, 0.25) is 0 Å². The maximum atomic E-state index is 6.52. The molecule has 0 bridgehead atoms. The van der Waals surface area contributed by atoms with Crippen LogP contribution in [0.3, 0.4) is 0 Å². The monoisotopic (exact) mass is 567 g/mol. The number of amidine groups is 2. The van der Waals surface area contributed by atoms with Gasteiger partial charge in [-0.1, -0.05) is 103 Å². The van der Waals surface area contributed by atoms with Crippen molar-refractivity contribution >= 4 is 55.5 Å². The summed E-state index contributed by atoms with van der Waals surface area (Å²) in [6.45, 7) is 0. The van der Waals surface area contributed by atoms with E-state index in [0.717, 1.165) is 77.5 Å². The third-order valence-corrected chi connectivity index (χ3v) is 8.35. The fourth-order valence-electron chi connectivity index (χ4n) is 6.19. The van der Waals surface area contributed by atoms with Gasteiger partial charge >= 0.3 is 0 Å². The first-order valence-corrected chi connectivity index (χ1v) is 14.7. The Morgan fingerprint density at radius 3 is 2.11 bits per heavy atom. The first-order chi connectivity index (χ1) is 21.8. The topological polar surface area (TPSA) is 63.0 Å². The first kappa shape index (κ1) is 24.6. The molecule has 0 aliphatic carbocycles. The molecule has 0 spiro atoms. The smallest absolute Gasteiger partial charge is 0.159 e.